The van der Waals surface area contributed by atoms with Crippen LogP contribution in [0.15, 0.2) is 12.1 Å². The van der Waals surface area contributed by atoms with Crippen molar-refractivity contribution in [2.24, 2.45) is 0 Å². The number of urea groups is 1. The number of halogens is 3. The van der Waals surface area contributed by atoms with E-state index in [2.05, 4.69) is 5.32 Å². The Bertz CT molecular complexity index is 515. The second-order valence-corrected chi connectivity index (χ2v) is 6.06. The van der Waals surface area contributed by atoms with Gasteiger partial charge in [-0.15, -0.1) is 0 Å². The van der Waals surface area contributed by atoms with E-state index in [1.165, 1.54) is 12.1 Å². The maximum absolute atomic E-state index is 12.2. The molecule has 1 aliphatic heterocycles. The standard InChI is InChI=1S/C13H15Cl3N2O2/c1-7-5-18(6-8(2)20-7)13(19)17-12-4-10(15)9(14)3-11(12)16/h3-4,7-8H,5-6H2,1-2H3,(H,17,19)/t7-,8-/m1/s1. The van der Waals surface area contributed by atoms with E-state index in [0.717, 1.165) is 0 Å². The van der Waals surface area contributed by atoms with Gasteiger partial charge in [-0.1, -0.05) is 34.8 Å². The zero-order valence-electron chi connectivity index (χ0n) is 11.1. The van der Waals surface area contributed by atoms with Crippen molar-refractivity contribution >= 4 is 46.5 Å². The number of nitrogens with zero attached hydrogens (tertiary/aromatic N) is 1. The van der Waals surface area contributed by atoms with Gasteiger partial charge in [-0.3, -0.25) is 0 Å². The lowest BCUT2D eigenvalue weighted by molar-refractivity contribution is -0.0530. The summed E-state index contributed by atoms with van der Waals surface area (Å²) in [6.45, 7) is 4.94. The number of benzene rings is 1. The fourth-order valence-corrected chi connectivity index (χ4v) is 2.75. The highest BCUT2D eigenvalue weighted by Crippen LogP contribution is 2.32. The summed E-state index contributed by atoms with van der Waals surface area (Å²) in [5.41, 5.74) is 0.442. The lowest BCUT2D eigenvalue weighted by atomic mass is 10.2. The molecular weight excluding hydrogens is 323 g/mol. The average molecular weight is 338 g/mol. The molecule has 2 amide bonds. The van der Waals surface area contributed by atoms with Crippen LogP contribution < -0.4 is 5.32 Å². The quantitative estimate of drug-likeness (QED) is 0.777. The molecule has 7 heteroatoms. The van der Waals surface area contributed by atoms with E-state index < -0.39 is 0 Å². The summed E-state index contributed by atoms with van der Waals surface area (Å²) < 4.78 is 5.59. The van der Waals surface area contributed by atoms with Crippen molar-refractivity contribution in [3.63, 3.8) is 0 Å². The SMILES string of the molecule is C[C@@H]1CN(C(=O)Nc2cc(Cl)c(Cl)cc2Cl)C[C@@H](C)O1. The van der Waals surface area contributed by atoms with Crippen LogP contribution in [0.4, 0.5) is 10.5 Å². The molecule has 0 saturated carbocycles. The van der Waals surface area contributed by atoms with Crippen LogP contribution in [0.5, 0.6) is 0 Å². The Balaban J connectivity index is 2.10. The summed E-state index contributed by atoms with van der Waals surface area (Å²) in [5, 5.41) is 3.79. The number of hydrogen-bond donors (Lipinski definition) is 1. The molecule has 110 valence electrons. The third-order valence-corrected chi connectivity index (χ3v) is 3.99. The first-order chi connectivity index (χ1) is 9.36. The number of nitrogens with one attached hydrogen (secondary N) is 1. The average Bonchev–Trinajstić information content (AvgIpc) is 2.34. The van der Waals surface area contributed by atoms with E-state index in [1.54, 1.807) is 4.90 Å². The van der Waals surface area contributed by atoms with E-state index in [4.69, 9.17) is 39.5 Å². The zero-order valence-corrected chi connectivity index (χ0v) is 13.4. The third kappa shape index (κ3) is 3.70. The van der Waals surface area contributed by atoms with Crippen molar-refractivity contribution in [2.45, 2.75) is 26.1 Å². The van der Waals surface area contributed by atoms with Crippen molar-refractivity contribution in [3.05, 3.63) is 27.2 Å². The van der Waals surface area contributed by atoms with Crippen LogP contribution in [0.3, 0.4) is 0 Å². The van der Waals surface area contributed by atoms with Gasteiger partial charge < -0.3 is 15.0 Å². The number of carbonyl (C=O) groups is 1. The lowest BCUT2D eigenvalue weighted by Gasteiger charge is -2.35. The van der Waals surface area contributed by atoms with Crippen LogP contribution in [-0.2, 0) is 4.74 Å². The normalized spacial score (nSPS) is 22.8. The number of anilines is 1. The molecule has 0 bridgehead atoms. The molecule has 0 aliphatic carbocycles. The Hall–Kier alpha value is -0.680. The summed E-state index contributed by atoms with van der Waals surface area (Å²) >= 11 is 17.8. The molecule has 1 saturated heterocycles. The smallest absolute Gasteiger partial charge is 0.322 e. The highest BCUT2D eigenvalue weighted by atomic mass is 35.5. The van der Waals surface area contributed by atoms with Crippen molar-refractivity contribution in [3.8, 4) is 0 Å². The monoisotopic (exact) mass is 336 g/mol. The van der Waals surface area contributed by atoms with Gasteiger partial charge >= 0.3 is 6.03 Å². The molecule has 1 N–H and O–H groups in total. The first-order valence-electron chi connectivity index (χ1n) is 6.22. The molecule has 1 aromatic carbocycles. The Morgan fingerprint density at radius 1 is 1.15 bits per heavy atom. The Labute approximate surface area is 132 Å². The minimum absolute atomic E-state index is 0.00813. The van der Waals surface area contributed by atoms with Crippen molar-refractivity contribution in [1.82, 2.24) is 4.90 Å². The van der Waals surface area contributed by atoms with Gasteiger partial charge in [-0.25, -0.2) is 4.79 Å². The van der Waals surface area contributed by atoms with Crippen LogP contribution in [0, 0.1) is 0 Å². The number of amides is 2. The molecular formula is C13H15Cl3N2O2. The minimum Gasteiger partial charge on any atom is -0.372 e. The molecule has 2 atom stereocenters. The molecule has 0 unspecified atom stereocenters. The third-order valence-electron chi connectivity index (χ3n) is 2.96. The van der Waals surface area contributed by atoms with Gasteiger partial charge in [0.1, 0.15) is 0 Å². The molecule has 20 heavy (non-hydrogen) atoms. The largest absolute Gasteiger partial charge is 0.372 e. The second-order valence-electron chi connectivity index (χ2n) is 4.84. The molecule has 4 nitrogen and oxygen atoms in total. The molecule has 0 aromatic heterocycles. The molecule has 1 fully saturated rings. The first-order valence-corrected chi connectivity index (χ1v) is 7.36. The molecule has 1 aliphatic rings. The zero-order chi connectivity index (χ0) is 14.9. The van der Waals surface area contributed by atoms with Crippen LogP contribution >= 0.6 is 34.8 Å². The number of ether oxygens (including phenoxy) is 1. The highest BCUT2D eigenvalue weighted by Gasteiger charge is 2.26. The van der Waals surface area contributed by atoms with Crippen molar-refractivity contribution in [1.29, 1.82) is 0 Å². The predicted molar refractivity (Wildman–Crippen MR) is 82.1 cm³/mol. The fraction of sp³-hybridized carbons (Fsp3) is 0.462. The highest BCUT2D eigenvalue weighted by molar-refractivity contribution is 6.44. The number of hydrogen-bond acceptors (Lipinski definition) is 2. The topological polar surface area (TPSA) is 41.6 Å². The number of rotatable bonds is 1. The Morgan fingerprint density at radius 2 is 1.70 bits per heavy atom. The molecule has 2 rings (SSSR count). The summed E-state index contributed by atoms with van der Waals surface area (Å²) in [6, 6.07) is 2.82. The summed E-state index contributed by atoms with van der Waals surface area (Å²) in [4.78, 5) is 13.9. The van der Waals surface area contributed by atoms with Gasteiger partial charge in [-0.05, 0) is 26.0 Å². The first kappa shape index (κ1) is 15.7. The molecule has 0 radical (unpaired) electrons. The molecule has 0 spiro atoms. The van der Waals surface area contributed by atoms with Gasteiger partial charge in [0.05, 0.1) is 33.0 Å². The van der Waals surface area contributed by atoms with E-state index in [1.807, 2.05) is 13.8 Å². The summed E-state index contributed by atoms with van der Waals surface area (Å²) in [7, 11) is 0. The van der Waals surface area contributed by atoms with Gasteiger partial charge in [0.15, 0.2) is 0 Å². The van der Waals surface area contributed by atoms with E-state index >= 15 is 0 Å². The van der Waals surface area contributed by atoms with Crippen molar-refractivity contribution in [2.75, 3.05) is 18.4 Å². The van der Waals surface area contributed by atoms with Gasteiger partial charge in [0.2, 0.25) is 0 Å². The lowest BCUT2D eigenvalue weighted by Crippen LogP contribution is -2.49. The summed E-state index contributed by atoms with van der Waals surface area (Å²) in [6.07, 6.45) is 0.0163. The van der Waals surface area contributed by atoms with Crippen LogP contribution in [0.2, 0.25) is 15.1 Å². The maximum atomic E-state index is 12.2. The Kier molecular flexibility index (Phi) is 5.02. The Morgan fingerprint density at radius 3 is 2.30 bits per heavy atom. The predicted octanol–water partition coefficient (Wildman–Crippen LogP) is 4.29. The van der Waals surface area contributed by atoms with Crippen LogP contribution in [-0.4, -0.2) is 36.2 Å². The fourth-order valence-electron chi connectivity index (χ4n) is 2.16. The number of morpholine rings is 1. The van der Waals surface area contributed by atoms with Gasteiger partial charge in [0.25, 0.3) is 0 Å². The van der Waals surface area contributed by atoms with E-state index in [0.29, 0.717) is 33.8 Å². The van der Waals surface area contributed by atoms with Gasteiger partial charge in [-0.2, -0.15) is 0 Å². The van der Waals surface area contributed by atoms with Crippen molar-refractivity contribution < 1.29 is 9.53 Å². The molecule has 1 aromatic rings. The molecule has 1 heterocycles. The second kappa shape index (κ2) is 6.39. The van der Waals surface area contributed by atoms with Crippen LogP contribution in [0.25, 0.3) is 0 Å². The summed E-state index contributed by atoms with van der Waals surface area (Å²) in [5.74, 6) is 0. The van der Waals surface area contributed by atoms with Crippen LogP contribution in [0.1, 0.15) is 13.8 Å². The number of carbonyl (C=O) groups excluding carboxylic acids is 1. The van der Waals surface area contributed by atoms with E-state index in [9.17, 15) is 4.79 Å². The minimum atomic E-state index is -0.229. The van der Waals surface area contributed by atoms with E-state index in [-0.39, 0.29) is 18.2 Å². The maximum Gasteiger partial charge on any atom is 0.322 e. The van der Waals surface area contributed by atoms with Gasteiger partial charge in [0, 0.05) is 13.1 Å².